The Morgan fingerprint density at radius 3 is 2.73 bits per heavy atom. The molecule has 0 atom stereocenters. The van der Waals surface area contributed by atoms with Gasteiger partial charge in [-0.25, -0.2) is 13.9 Å². The van der Waals surface area contributed by atoms with E-state index < -0.39 is 23.7 Å². The molecule has 0 unspecified atom stereocenters. The lowest BCUT2D eigenvalue weighted by molar-refractivity contribution is 0.0226. The molecular formula is C24H23F3N6O3S. The van der Waals surface area contributed by atoms with Crippen molar-refractivity contribution in [3.8, 4) is 22.0 Å². The van der Waals surface area contributed by atoms with Crippen LogP contribution in [0.4, 0.5) is 18.0 Å². The Morgan fingerprint density at radius 1 is 1.22 bits per heavy atom. The summed E-state index contributed by atoms with van der Waals surface area (Å²) in [5, 5.41) is 15.2. The number of carbonyl (C=O) groups is 1. The number of nitrogens with zero attached hydrogens (tertiary/aromatic N) is 6. The van der Waals surface area contributed by atoms with Crippen LogP contribution in [0.1, 0.15) is 49.1 Å². The van der Waals surface area contributed by atoms with Crippen LogP contribution in [0.5, 0.6) is 0 Å². The molecule has 0 fully saturated rings. The summed E-state index contributed by atoms with van der Waals surface area (Å²) in [6, 6.07) is 6.23. The van der Waals surface area contributed by atoms with E-state index in [0.717, 1.165) is 27.8 Å². The smallest absolute Gasteiger partial charge is 0.410 e. The molecule has 1 aliphatic rings. The van der Waals surface area contributed by atoms with Crippen molar-refractivity contribution in [3.63, 3.8) is 0 Å². The number of hydrogen-bond donors (Lipinski definition) is 0. The standard InChI is InChI=1S/C24H23F3N6O3S/c1-24(2,3)36-23(34)32-7-6-13-9-18(37-19(13)12-32)17-11-33(31-28-17)10-15-5-4-14(8-16(15)25)21-29-30-22(35-21)20(26)27/h4-5,8-9,11,20H,6-7,10,12H2,1-3H3. The molecule has 37 heavy (non-hydrogen) atoms. The number of carbonyl (C=O) groups excluding carboxylic acids is 1. The van der Waals surface area contributed by atoms with Gasteiger partial charge in [0.1, 0.15) is 17.1 Å². The zero-order chi connectivity index (χ0) is 26.3. The molecule has 0 spiro atoms. The van der Waals surface area contributed by atoms with Gasteiger partial charge in [-0.15, -0.1) is 26.6 Å². The lowest BCUT2D eigenvalue weighted by Gasteiger charge is -2.29. The number of hydrogen-bond acceptors (Lipinski definition) is 8. The Hall–Kier alpha value is -3.74. The summed E-state index contributed by atoms with van der Waals surface area (Å²) in [6.07, 6.45) is -0.788. The van der Waals surface area contributed by atoms with Crippen molar-refractivity contribution >= 4 is 17.4 Å². The third kappa shape index (κ3) is 5.50. The molecule has 0 N–H and O–H groups in total. The fraction of sp³-hybridized carbons (Fsp3) is 0.375. The summed E-state index contributed by atoms with van der Waals surface area (Å²) < 4.78 is 52.0. The van der Waals surface area contributed by atoms with Gasteiger partial charge in [0.15, 0.2) is 0 Å². The second-order valence-electron chi connectivity index (χ2n) is 9.56. The molecule has 3 aromatic heterocycles. The molecule has 0 radical (unpaired) electrons. The van der Waals surface area contributed by atoms with Gasteiger partial charge in [0.2, 0.25) is 5.89 Å². The summed E-state index contributed by atoms with van der Waals surface area (Å²) in [5.74, 6) is -1.57. The van der Waals surface area contributed by atoms with E-state index in [-0.39, 0.29) is 24.1 Å². The Morgan fingerprint density at radius 2 is 2.03 bits per heavy atom. The van der Waals surface area contributed by atoms with Gasteiger partial charge in [0.25, 0.3) is 5.89 Å². The van der Waals surface area contributed by atoms with E-state index in [9.17, 15) is 18.0 Å². The summed E-state index contributed by atoms with van der Waals surface area (Å²) in [6.45, 7) is 6.68. The monoisotopic (exact) mass is 532 g/mol. The van der Waals surface area contributed by atoms with Gasteiger partial charge >= 0.3 is 12.5 Å². The summed E-state index contributed by atoms with van der Waals surface area (Å²) >= 11 is 1.54. The lowest BCUT2D eigenvalue weighted by atomic mass is 10.1. The first-order valence-electron chi connectivity index (χ1n) is 11.5. The van der Waals surface area contributed by atoms with E-state index in [2.05, 4.69) is 20.5 Å². The number of alkyl halides is 2. The number of fused-ring (bicyclic) bond motifs is 1. The predicted molar refractivity (Wildman–Crippen MR) is 127 cm³/mol. The summed E-state index contributed by atoms with van der Waals surface area (Å²) in [5.41, 5.74) is 1.77. The maximum Gasteiger partial charge on any atom is 0.410 e. The fourth-order valence-electron chi connectivity index (χ4n) is 3.84. The fourth-order valence-corrected chi connectivity index (χ4v) is 5.02. The maximum absolute atomic E-state index is 14.7. The first-order valence-corrected chi connectivity index (χ1v) is 12.3. The quantitative estimate of drug-likeness (QED) is 0.336. The normalized spacial score (nSPS) is 13.8. The zero-order valence-corrected chi connectivity index (χ0v) is 21.1. The van der Waals surface area contributed by atoms with Crippen LogP contribution in [0.2, 0.25) is 0 Å². The minimum atomic E-state index is -2.90. The molecule has 5 rings (SSSR count). The van der Waals surface area contributed by atoms with Crippen LogP contribution in [0.25, 0.3) is 22.0 Å². The van der Waals surface area contributed by atoms with E-state index in [4.69, 9.17) is 9.15 Å². The molecule has 1 amide bonds. The molecule has 194 valence electrons. The van der Waals surface area contributed by atoms with Crippen LogP contribution in [-0.2, 0) is 24.2 Å². The highest BCUT2D eigenvalue weighted by atomic mass is 32.1. The highest BCUT2D eigenvalue weighted by Gasteiger charge is 2.27. The van der Waals surface area contributed by atoms with Gasteiger partial charge in [0.05, 0.1) is 24.2 Å². The van der Waals surface area contributed by atoms with Crippen molar-refractivity contribution in [1.82, 2.24) is 30.1 Å². The highest BCUT2D eigenvalue weighted by Crippen LogP contribution is 2.34. The number of aromatic nitrogens is 5. The second-order valence-corrected chi connectivity index (χ2v) is 10.7. The van der Waals surface area contributed by atoms with Crippen LogP contribution in [0.15, 0.2) is 34.9 Å². The Balaban J connectivity index is 1.27. The Bertz CT molecular complexity index is 1440. The van der Waals surface area contributed by atoms with Gasteiger partial charge in [0, 0.05) is 22.5 Å². The molecule has 0 aliphatic carbocycles. The average molecular weight is 533 g/mol. The topological polar surface area (TPSA) is 99.2 Å². The molecule has 4 aromatic rings. The first kappa shape index (κ1) is 24.9. The molecule has 4 heterocycles. The summed E-state index contributed by atoms with van der Waals surface area (Å²) in [7, 11) is 0. The van der Waals surface area contributed by atoms with E-state index in [1.165, 1.54) is 28.2 Å². The largest absolute Gasteiger partial charge is 0.444 e. The Labute approximate surface area is 213 Å². The second kappa shape index (κ2) is 9.61. The van der Waals surface area contributed by atoms with E-state index in [1.54, 1.807) is 11.1 Å². The van der Waals surface area contributed by atoms with Crippen molar-refractivity contribution in [3.05, 3.63) is 58.2 Å². The third-order valence-electron chi connectivity index (χ3n) is 5.58. The van der Waals surface area contributed by atoms with Gasteiger partial charge < -0.3 is 14.1 Å². The first-order chi connectivity index (χ1) is 17.6. The highest BCUT2D eigenvalue weighted by molar-refractivity contribution is 7.15. The number of amides is 1. The molecule has 1 aromatic carbocycles. The zero-order valence-electron chi connectivity index (χ0n) is 20.2. The average Bonchev–Trinajstić information content (AvgIpc) is 3.58. The number of ether oxygens (including phenoxy) is 1. The predicted octanol–water partition coefficient (Wildman–Crippen LogP) is 5.47. The van der Waals surface area contributed by atoms with Crippen LogP contribution in [-0.4, -0.2) is 48.3 Å². The molecule has 9 nitrogen and oxygen atoms in total. The lowest BCUT2D eigenvalue weighted by Crippen LogP contribution is -2.39. The van der Waals surface area contributed by atoms with Gasteiger partial charge in [-0.3, -0.25) is 0 Å². The number of halogens is 3. The number of thiophene rings is 1. The summed E-state index contributed by atoms with van der Waals surface area (Å²) in [4.78, 5) is 16.1. The maximum atomic E-state index is 14.7. The number of benzene rings is 1. The molecule has 1 aliphatic heterocycles. The van der Waals surface area contributed by atoms with Crippen LogP contribution >= 0.6 is 11.3 Å². The van der Waals surface area contributed by atoms with E-state index >= 15 is 0 Å². The molecule has 0 saturated carbocycles. The van der Waals surface area contributed by atoms with Gasteiger partial charge in [-0.05, 0) is 51.0 Å². The van der Waals surface area contributed by atoms with Gasteiger partial charge in [-0.2, -0.15) is 8.78 Å². The van der Waals surface area contributed by atoms with E-state index in [0.29, 0.717) is 24.3 Å². The van der Waals surface area contributed by atoms with Crippen LogP contribution in [0.3, 0.4) is 0 Å². The van der Waals surface area contributed by atoms with Crippen molar-refractivity contribution in [2.45, 2.75) is 52.3 Å². The molecule has 13 heteroatoms. The number of rotatable bonds is 5. The SMILES string of the molecule is CC(C)(C)OC(=O)N1CCc2cc(-c3cn(Cc4ccc(-c5nnc(C(F)F)o5)cc4F)nn3)sc2C1. The molecule has 0 bridgehead atoms. The van der Waals surface area contributed by atoms with Crippen LogP contribution < -0.4 is 0 Å². The molecular weight excluding hydrogens is 509 g/mol. The minimum Gasteiger partial charge on any atom is -0.444 e. The van der Waals surface area contributed by atoms with Crippen molar-refractivity contribution < 1.29 is 27.1 Å². The minimum absolute atomic E-state index is 0.114. The van der Waals surface area contributed by atoms with Crippen molar-refractivity contribution in [1.29, 1.82) is 0 Å². The molecule has 0 saturated heterocycles. The van der Waals surface area contributed by atoms with Crippen LogP contribution in [0, 0.1) is 5.82 Å². The van der Waals surface area contributed by atoms with Crippen molar-refractivity contribution in [2.75, 3.05) is 6.54 Å². The van der Waals surface area contributed by atoms with E-state index in [1.807, 2.05) is 26.8 Å². The van der Waals surface area contributed by atoms with Crippen molar-refractivity contribution in [2.24, 2.45) is 0 Å². The Kier molecular flexibility index (Phi) is 6.48. The third-order valence-corrected chi connectivity index (χ3v) is 6.77. The van der Waals surface area contributed by atoms with Gasteiger partial charge in [-0.1, -0.05) is 11.3 Å².